The number of carbonyl (C=O) groups excluding carboxylic acids is 3. The molecule has 6 nitrogen and oxygen atoms in total. The molecular weight excluding hydrogens is 997 g/mol. The molecule has 0 aliphatic carbocycles. The summed E-state index contributed by atoms with van der Waals surface area (Å²) in [6.07, 6.45) is 87.8. The maximum absolute atomic E-state index is 12.9. The lowest BCUT2D eigenvalue weighted by molar-refractivity contribution is -0.167. The number of ether oxygens (including phenoxy) is 3. The molecule has 1 atom stereocenters. The third kappa shape index (κ3) is 68.3. The van der Waals surface area contributed by atoms with Gasteiger partial charge in [0.05, 0.1) is 0 Å². The summed E-state index contributed by atoms with van der Waals surface area (Å²) in [5.74, 6) is -0.877. The molecule has 0 aliphatic rings. The van der Waals surface area contributed by atoms with Crippen LogP contribution in [0.15, 0.2) is 36.5 Å². The van der Waals surface area contributed by atoms with E-state index in [4.69, 9.17) is 14.2 Å². The van der Waals surface area contributed by atoms with Gasteiger partial charge in [0, 0.05) is 19.3 Å². The van der Waals surface area contributed by atoms with Crippen molar-refractivity contribution >= 4 is 17.9 Å². The topological polar surface area (TPSA) is 78.9 Å². The Hall–Kier alpha value is -2.37. The van der Waals surface area contributed by atoms with Crippen molar-refractivity contribution in [3.63, 3.8) is 0 Å². The molecule has 6 heteroatoms. The number of esters is 3. The van der Waals surface area contributed by atoms with Gasteiger partial charge in [-0.1, -0.05) is 372 Å². The maximum atomic E-state index is 12.9. The Morgan fingerprint density at radius 3 is 0.753 bits per heavy atom. The zero-order valence-electron chi connectivity index (χ0n) is 54.8. The highest BCUT2D eigenvalue weighted by Crippen LogP contribution is 2.19. The fourth-order valence-corrected chi connectivity index (χ4v) is 11.2. The van der Waals surface area contributed by atoms with Crippen molar-refractivity contribution in [3.05, 3.63) is 36.5 Å². The average molecular weight is 1140 g/mol. The average Bonchev–Trinajstić information content (AvgIpc) is 3.46. The van der Waals surface area contributed by atoms with E-state index in [1.807, 2.05) is 0 Å². The molecule has 0 N–H and O–H groups in total. The second-order valence-corrected chi connectivity index (χ2v) is 24.8. The van der Waals surface area contributed by atoms with Crippen molar-refractivity contribution in [2.24, 2.45) is 0 Å². The molecule has 0 fully saturated rings. The molecule has 0 spiro atoms. The molecule has 0 amide bonds. The van der Waals surface area contributed by atoms with Gasteiger partial charge in [-0.2, -0.15) is 0 Å². The first-order valence-electron chi connectivity index (χ1n) is 36.5. The van der Waals surface area contributed by atoms with Crippen LogP contribution in [0.5, 0.6) is 0 Å². The Labute approximate surface area is 506 Å². The smallest absolute Gasteiger partial charge is 0.306 e. The molecule has 0 aromatic rings. The summed E-state index contributed by atoms with van der Waals surface area (Å²) < 4.78 is 17.0. The van der Waals surface area contributed by atoms with Gasteiger partial charge >= 0.3 is 17.9 Å². The van der Waals surface area contributed by atoms with Crippen molar-refractivity contribution in [2.45, 2.75) is 412 Å². The third-order valence-corrected chi connectivity index (χ3v) is 16.7. The number of allylic oxidation sites excluding steroid dienone is 6. The molecule has 81 heavy (non-hydrogen) atoms. The van der Waals surface area contributed by atoms with Crippen LogP contribution in [0.2, 0.25) is 0 Å². The van der Waals surface area contributed by atoms with Crippen LogP contribution in [0.4, 0.5) is 0 Å². The van der Waals surface area contributed by atoms with Crippen LogP contribution in [0.3, 0.4) is 0 Å². The van der Waals surface area contributed by atoms with Crippen molar-refractivity contribution < 1.29 is 28.6 Å². The van der Waals surface area contributed by atoms with Gasteiger partial charge in [0.1, 0.15) is 13.2 Å². The standard InChI is InChI=1S/C75H140O6/c1-4-7-10-13-16-19-22-25-27-29-31-32-33-34-35-36-37-38-39-40-41-42-44-45-47-50-53-56-59-62-65-68-74(77)80-71-72(70-79-73(76)67-64-61-58-55-52-49-24-21-18-15-12-9-6-3)81-75(78)69-66-63-60-57-54-51-48-46-43-30-28-26-23-20-17-14-11-8-5-2/h9,12,18,21,49,52,72H,4-8,10-11,13-17,19-20,22-48,50-51,53-71H2,1-3H3/b12-9-,21-18-,52-49-. The normalized spacial score (nSPS) is 12.2. The summed E-state index contributed by atoms with van der Waals surface area (Å²) in [7, 11) is 0. The predicted octanol–water partition coefficient (Wildman–Crippen LogP) is 25.1. The Kier molecular flexibility index (Phi) is 68.1. The summed E-state index contributed by atoms with van der Waals surface area (Å²) in [6.45, 7) is 6.58. The minimum atomic E-state index is -0.782. The highest BCUT2D eigenvalue weighted by Gasteiger charge is 2.19. The molecule has 0 rings (SSSR count). The van der Waals surface area contributed by atoms with Gasteiger partial charge in [0.15, 0.2) is 6.10 Å². The lowest BCUT2D eigenvalue weighted by atomic mass is 10.0. The second-order valence-electron chi connectivity index (χ2n) is 24.8. The van der Waals surface area contributed by atoms with E-state index in [1.165, 1.54) is 283 Å². The first-order chi connectivity index (χ1) is 40.0. The van der Waals surface area contributed by atoms with Crippen LogP contribution >= 0.6 is 0 Å². The number of unbranched alkanes of at least 4 members (excludes halogenated alkanes) is 51. The highest BCUT2D eigenvalue weighted by atomic mass is 16.6. The zero-order valence-corrected chi connectivity index (χ0v) is 54.8. The van der Waals surface area contributed by atoms with Crippen molar-refractivity contribution in [3.8, 4) is 0 Å². The molecule has 0 bridgehead atoms. The molecule has 0 radical (unpaired) electrons. The van der Waals surface area contributed by atoms with Crippen LogP contribution < -0.4 is 0 Å². The Balaban J connectivity index is 4.14. The molecule has 0 saturated heterocycles. The van der Waals surface area contributed by atoms with Gasteiger partial charge in [0.2, 0.25) is 0 Å². The molecular formula is C75H140O6. The summed E-state index contributed by atoms with van der Waals surface area (Å²) in [5.41, 5.74) is 0. The van der Waals surface area contributed by atoms with Gasteiger partial charge in [-0.3, -0.25) is 14.4 Å². The Morgan fingerprint density at radius 1 is 0.259 bits per heavy atom. The molecule has 0 saturated carbocycles. The van der Waals surface area contributed by atoms with Crippen LogP contribution in [0.25, 0.3) is 0 Å². The third-order valence-electron chi connectivity index (χ3n) is 16.7. The van der Waals surface area contributed by atoms with E-state index in [9.17, 15) is 14.4 Å². The Morgan fingerprint density at radius 2 is 0.481 bits per heavy atom. The first kappa shape index (κ1) is 78.6. The summed E-state index contributed by atoms with van der Waals surface area (Å²) in [5, 5.41) is 0. The van der Waals surface area contributed by atoms with Crippen LogP contribution in [0.1, 0.15) is 406 Å². The minimum absolute atomic E-state index is 0.0758. The largest absolute Gasteiger partial charge is 0.462 e. The molecule has 1 unspecified atom stereocenters. The van der Waals surface area contributed by atoms with Gasteiger partial charge in [-0.15, -0.1) is 0 Å². The second kappa shape index (κ2) is 70.1. The molecule has 476 valence electrons. The fourth-order valence-electron chi connectivity index (χ4n) is 11.2. The fraction of sp³-hybridized carbons (Fsp3) is 0.880. The van der Waals surface area contributed by atoms with E-state index in [2.05, 4.69) is 57.2 Å². The van der Waals surface area contributed by atoms with E-state index >= 15 is 0 Å². The quantitative estimate of drug-likeness (QED) is 0.0261. The molecule has 0 aliphatic heterocycles. The van der Waals surface area contributed by atoms with Crippen molar-refractivity contribution in [1.29, 1.82) is 0 Å². The van der Waals surface area contributed by atoms with E-state index in [0.29, 0.717) is 19.3 Å². The number of rotatable bonds is 68. The summed E-state index contributed by atoms with van der Waals surface area (Å²) in [4.78, 5) is 38.4. The van der Waals surface area contributed by atoms with E-state index in [-0.39, 0.29) is 31.1 Å². The first-order valence-corrected chi connectivity index (χ1v) is 36.5. The predicted molar refractivity (Wildman–Crippen MR) is 353 cm³/mol. The van der Waals surface area contributed by atoms with Gasteiger partial charge in [0.25, 0.3) is 0 Å². The lowest BCUT2D eigenvalue weighted by Gasteiger charge is -2.18. The number of hydrogen-bond acceptors (Lipinski definition) is 6. The zero-order chi connectivity index (χ0) is 58.5. The van der Waals surface area contributed by atoms with Crippen molar-refractivity contribution in [2.75, 3.05) is 13.2 Å². The summed E-state index contributed by atoms with van der Waals surface area (Å²) >= 11 is 0. The number of hydrogen-bond donors (Lipinski definition) is 0. The van der Waals surface area contributed by atoms with E-state index in [0.717, 1.165) is 83.5 Å². The molecule has 0 heterocycles. The minimum Gasteiger partial charge on any atom is -0.462 e. The SMILES string of the molecule is CC/C=C\C/C=C\C/C=C\CCCCCC(=O)OCC(COC(=O)CCCCCCCCCCCCCCCCCCCCCCCCCCCCCCCCC)OC(=O)CCCCCCCCCCCCCCCCCCCCC. The van der Waals surface area contributed by atoms with Crippen LogP contribution in [0, 0.1) is 0 Å². The van der Waals surface area contributed by atoms with Gasteiger partial charge in [-0.25, -0.2) is 0 Å². The Bertz CT molecular complexity index is 1350. The van der Waals surface area contributed by atoms with Gasteiger partial charge < -0.3 is 14.2 Å². The number of carbonyl (C=O) groups is 3. The molecule has 0 aromatic heterocycles. The van der Waals surface area contributed by atoms with E-state index < -0.39 is 6.10 Å². The van der Waals surface area contributed by atoms with Crippen LogP contribution in [-0.2, 0) is 28.6 Å². The lowest BCUT2D eigenvalue weighted by Crippen LogP contribution is -2.30. The van der Waals surface area contributed by atoms with Crippen LogP contribution in [-0.4, -0.2) is 37.2 Å². The monoisotopic (exact) mass is 1140 g/mol. The maximum Gasteiger partial charge on any atom is 0.306 e. The highest BCUT2D eigenvalue weighted by molar-refractivity contribution is 5.71. The summed E-state index contributed by atoms with van der Waals surface area (Å²) in [6, 6.07) is 0. The molecule has 0 aromatic carbocycles. The van der Waals surface area contributed by atoms with Crippen molar-refractivity contribution in [1.82, 2.24) is 0 Å². The van der Waals surface area contributed by atoms with E-state index in [1.54, 1.807) is 0 Å². The van der Waals surface area contributed by atoms with Gasteiger partial charge in [-0.05, 0) is 51.4 Å².